The van der Waals surface area contributed by atoms with Crippen LogP contribution in [0, 0.1) is 5.92 Å². The summed E-state index contributed by atoms with van der Waals surface area (Å²) in [5.41, 5.74) is 21.8. The van der Waals surface area contributed by atoms with Crippen LogP contribution in [0.15, 0.2) is 235 Å². The zero-order chi connectivity index (χ0) is 45.6. The summed E-state index contributed by atoms with van der Waals surface area (Å²) in [6.07, 6.45) is 7.26. The molecule has 1 aliphatic carbocycles. The lowest BCUT2D eigenvalue weighted by Gasteiger charge is -2.20. The monoisotopic (exact) mass is 879 g/mol. The third-order valence-electron chi connectivity index (χ3n) is 13.3. The minimum absolute atomic E-state index is 0.378. The minimum atomic E-state index is -0.378. The van der Waals surface area contributed by atoms with E-state index in [1.54, 1.807) is 0 Å². The zero-order valence-corrected chi connectivity index (χ0v) is 37.7. The maximum atomic E-state index is 6.67. The third-order valence-corrected chi connectivity index (χ3v) is 13.3. The van der Waals surface area contributed by atoms with Crippen molar-refractivity contribution in [1.29, 1.82) is 0 Å². The minimum Gasteiger partial charge on any atom is -0.351 e. The third kappa shape index (κ3) is 7.39. The molecule has 8 aromatic carbocycles. The summed E-state index contributed by atoms with van der Waals surface area (Å²) in [7, 11) is 0. The van der Waals surface area contributed by atoms with E-state index in [2.05, 4.69) is 220 Å². The van der Waals surface area contributed by atoms with Crippen LogP contribution in [0.2, 0.25) is 0 Å². The molecule has 11 aromatic rings. The number of imidazole rings is 1. The van der Waals surface area contributed by atoms with Crippen LogP contribution in [0.3, 0.4) is 0 Å². The van der Waals surface area contributed by atoms with Gasteiger partial charge in [0.1, 0.15) is 23.3 Å². The number of fused-ring (bicyclic) bond motifs is 6. The van der Waals surface area contributed by atoms with Crippen LogP contribution in [0.5, 0.6) is 0 Å². The Labute approximate surface area is 395 Å². The molecule has 328 valence electrons. The molecule has 0 fully saturated rings. The van der Waals surface area contributed by atoms with E-state index in [0.717, 1.165) is 102 Å². The Balaban J connectivity index is 0.951. The van der Waals surface area contributed by atoms with Crippen molar-refractivity contribution in [3.05, 3.63) is 241 Å². The lowest BCUT2D eigenvalue weighted by atomic mass is 9.97. The van der Waals surface area contributed by atoms with Gasteiger partial charge in [0.05, 0.1) is 23.1 Å². The summed E-state index contributed by atoms with van der Waals surface area (Å²) in [5, 5.41) is 7.05. The number of benzene rings is 8. The molecule has 12 rings (SSSR count). The molecule has 0 radical (unpaired) electrons. The molecule has 7 heteroatoms. The van der Waals surface area contributed by atoms with Crippen molar-refractivity contribution in [2.75, 3.05) is 0 Å². The van der Waals surface area contributed by atoms with Gasteiger partial charge in [-0.05, 0) is 95.3 Å². The van der Waals surface area contributed by atoms with Gasteiger partial charge in [-0.2, -0.15) is 0 Å². The molecule has 3 N–H and O–H groups in total. The van der Waals surface area contributed by atoms with E-state index in [-0.39, 0.29) is 6.17 Å². The van der Waals surface area contributed by atoms with Crippen LogP contribution in [0.4, 0.5) is 0 Å². The molecule has 1 aliphatic rings. The van der Waals surface area contributed by atoms with E-state index in [1.165, 1.54) is 10.8 Å². The highest BCUT2D eigenvalue weighted by Crippen LogP contribution is 2.42. The number of aliphatic imine (C=N–C) groups is 1. The molecule has 0 bridgehead atoms. The normalized spacial score (nSPS) is 14.5. The fraction of sp³-hybridized carbons (Fsp3) is 0.0820. The number of aromatic nitrogens is 4. The van der Waals surface area contributed by atoms with E-state index < -0.39 is 0 Å². The molecule has 2 unspecified atom stereocenters. The van der Waals surface area contributed by atoms with E-state index >= 15 is 0 Å². The van der Waals surface area contributed by atoms with E-state index in [9.17, 15) is 0 Å². The fourth-order valence-corrected chi connectivity index (χ4v) is 9.86. The van der Waals surface area contributed by atoms with Gasteiger partial charge in [-0.25, -0.2) is 4.98 Å². The largest absolute Gasteiger partial charge is 0.351 e. The maximum absolute atomic E-state index is 6.67. The number of nitrogens with zero attached hydrogens (tertiary/aromatic N) is 5. The van der Waals surface area contributed by atoms with Crippen molar-refractivity contribution < 1.29 is 0 Å². The number of hydrogen-bond acceptors (Lipinski definition) is 3. The van der Waals surface area contributed by atoms with Gasteiger partial charge in [0.2, 0.25) is 0 Å². The zero-order valence-electron chi connectivity index (χ0n) is 37.7. The van der Waals surface area contributed by atoms with Crippen LogP contribution in [-0.4, -0.2) is 24.5 Å². The Morgan fingerprint density at radius 3 is 1.94 bits per heavy atom. The summed E-state index contributed by atoms with van der Waals surface area (Å²) in [6.45, 7) is 2.75. The van der Waals surface area contributed by atoms with Crippen molar-refractivity contribution in [3.8, 4) is 39.6 Å². The second-order valence-electron chi connectivity index (χ2n) is 17.7. The first-order valence-electron chi connectivity index (χ1n) is 23.4. The van der Waals surface area contributed by atoms with Gasteiger partial charge in [-0.3, -0.25) is 14.1 Å². The van der Waals surface area contributed by atoms with Crippen molar-refractivity contribution in [2.45, 2.75) is 26.1 Å². The van der Waals surface area contributed by atoms with Gasteiger partial charge in [0.25, 0.3) is 0 Å². The number of para-hydroxylation sites is 3. The van der Waals surface area contributed by atoms with Crippen LogP contribution in [0.25, 0.3) is 83.4 Å². The van der Waals surface area contributed by atoms with Crippen LogP contribution in [0.1, 0.15) is 30.6 Å². The predicted octanol–water partition coefficient (Wildman–Crippen LogP) is 14.1. The fourth-order valence-electron chi connectivity index (χ4n) is 9.86. The number of rotatable bonds is 10. The summed E-state index contributed by atoms with van der Waals surface area (Å²) >= 11 is 0. The summed E-state index contributed by atoms with van der Waals surface area (Å²) in [5.74, 6) is 2.21. The summed E-state index contributed by atoms with van der Waals surface area (Å²) in [4.78, 5) is 10.6. The van der Waals surface area contributed by atoms with E-state index in [0.29, 0.717) is 12.5 Å². The van der Waals surface area contributed by atoms with Crippen molar-refractivity contribution in [2.24, 2.45) is 16.6 Å². The predicted molar refractivity (Wildman–Crippen MR) is 282 cm³/mol. The molecule has 2 atom stereocenters. The molecule has 0 spiro atoms. The van der Waals surface area contributed by atoms with Gasteiger partial charge >= 0.3 is 0 Å². The lowest BCUT2D eigenvalue weighted by molar-refractivity contribution is 0.676. The highest BCUT2D eigenvalue weighted by atomic mass is 15.2. The van der Waals surface area contributed by atoms with Gasteiger partial charge in [-0.15, -0.1) is 0 Å². The van der Waals surface area contributed by atoms with Gasteiger partial charge < -0.3 is 15.6 Å². The van der Waals surface area contributed by atoms with Crippen LogP contribution >= 0.6 is 0 Å². The topological polar surface area (TPSA) is 78.1 Å². The average molecular weight is 880 g/mol. The number of nitrogens with one attached hydrogen (secondary N) is 1. The van der Waals surface area contributed by atoms with Gasteiger partial charge in [-0.1, -0.05) is 171 Å². The second-order valence-corrected chi connectivity index (χ2v) is 17.7. The molecule has 7 nitrogen and oxygen atoms in total. The molecule has 3 aromatic heterocycles. The molecule has 3 heterocycles. The second kappa shape index (κ2) is 17.4. The molecule has 0 saturated carbocycles. The number of nitrogens with two attached hydrogens (primary N) is 1. The molecular weight excluding hydrogens is 831 g/mol. The van der Waals surface area contributed by atoms with Crippen LogP contribution < -0.4 is 11.1 Å². The van der Waals surface area contributed by atoms with Crippen molar-refractivity contribution in [1.82, 2.24) is 24.0 Å². The Morgan fingerprint density at radius 2 is 1.22 bits per heavy atom. The van der Waals surface area contributed by atoms with Crippen molar-refractivity contribution >= 4 is 49.7 Å². The first kappa shape index (κ1) is 40.9. The van der Waals surface area contributed by atoms with Crippen LogP contribution in [-0.2, 0) is 6.54 Å². The van der Waals surface area contributed by atoms with E-state index in [1.807, 2.05) is 30.3 Å². The summed E-state index contributed by atoms with van der Waals surface area (Å²) < 4.78 is 7.07. The average Bonchev–Trinajstić information content (AvgIpc) is 4.05. The number of allylic oxidation sites excluding steroid dienone is 2. The highest BCUT2D eigenvalue weighted by molar-refractivity contribution is 6.18. The molecule has 0 saturated heterocycles. The summed E-state index contributed by atoms with van der Waals surface area (Å²) in [6, 6.07) is 73.0. The molecule has 0 aliphatic heterocycles. The SMILES string of the molecule is CC1C=CC(C(=NCc2cccc(-c3ccc(-n4c5ccccc5c5cc6c7c(nc(-c8ccccc8)n7-c7ccccc7)n(-c7ccccc7)c6cc54)cc3)c2)NC(N)c2ccccc2)=CC1. The quantitative estimate of drug-likeness (QED) is 0.0816. The molecular formula is C61H49N7. The van der Waals surface area contributed by atoms with E-state index in [4.69, 9.17) is 15.7 Å². The Kier molecular flexibility index (Phi) is 10.5. The lowest BCUT2D eigenvalue weighted by Crippen LogP contribution is -2.35. The Morgan fingerprint density at radius 1 is 0.588 bits per heavy atom. The first-order chi connectivity index (χ1) is 33.6. The van der Waals surface area contributed by atoms with Gasteiger partial charge in [0, 0.05) is 44.4 Å². The maximum Gasteiger partial charge on any atom is 0.165 e. The smallest absolute Gasteiger partial charge is 0.165 e. The Bertz CT molecular complexity index is 3710. The molecule has 0 amide bonds. The number of amidine groups is 1. The van der Waals surface area contributed by atoms with Gasteiger partial charge in [0.15, 0.2) is 5.65 Å². The van der Waals surface area contributed by atoms with Crippen molar-refractivity contribution in [3.63, 3.8) is 0 Å². The first-order valence-corrected chi connectivity index (χ1v) is 23.4. The molecule has 68 heavy (non-hydrogen) atoms. The number of hydrogen-bond donors (Lipinski definition) is 2. The standard InChI is InChI=1S/C61H49N7/c1-41-29-31-45(32-30-41)59(64-58(62)44-18-6-2-7-19-44)63-40-42-17-16-22-47(37-42)43-33-35-50(36-34-43)66-54-28-15-14-27-51(54)52-38-53-56(39-55(52)66)67(48-23-10-4-11-24-48)61-57(53)68(49-25-12-5-13-26-49)60(65-61)46-20-8-3-9-21-46/h2-29,31-39,41,58H,30,40,62H2,1H3,(H,63,64). The Hall–Kier alpha value is -8.52. The highest BCUT2D eigenvalue weighted by Gasteiger charge is 2.25.